The van der Waals surface area contributed by atoms with Gasteiger partial charge in [-0.3, -0.25) is 39.1 Å². The number of carbonyl (C=O) groups is 5. The predicted molar refractivity (Wildman–Crippen MR) is 223 cm³/mol. The highest BCUT2D eigenvalue weighted by Gasteiger charge is 2.49. The number of carbonyl (C=O) groups excluding carboxylic acids is 5. The molecule has 6 fully saturated rings. The summed E-state index contributed by atoms with van der Waals surface area (Å²) < 4.78 is 6.28. The standard InChI is InChI=1S/C46H48ClN7O6/c47-39-24-35(9-3-29(39)27-48)60-36-21-32-6-7-33(22-36)53(32)43(57)28-1-4-30(5-2-28)51-17-19-52(20-18-51)34-25-46(26-34)13-15-50(16-14-46)31-8-10-37-38(23-31)45(59)54(44(37)58)40-11-12-41(55)49-42(40)56/h1-5,8-10,23-24,32-34,36,40H,6-7,11-22,25-26H2,(H,49,55,56)/t32-,33+,36?,40?. The zero-order valence-electron chi connectivity index (χ0n) is 33.5. The highest BCUT2D eigenvalue weighted by atomic mass is 35.5. The van der Waals surface area contributed by atoms with Crippen LogP contribution in [0.15, 0.2) is 60.7 Å². The number of nitrogens with one attached hydrogen (secondary N) is 1. The van der Waals surface area contributed by atoms with E-state index in [0.717, 1.165) is 99.6 Å². The van der Waals surface area contributed by atoms with Crippen LogP contribution in [0.5, 0.6) is 5.75 Å². The number of nitriles is 1. The molecule has 310 valence electrons. The van der Waals surface area contributed by atoms with E-state index in [1.54, 1.807) is 30.3 Å². The molecule has 60 heavy (non-hydrogen) atoms. The molecule has 3 aromatic carbocycles. The van der Waals surface area contributed by atoms with Crippen LogP contribution < -0.4 is 19.9 Å². The van der Waals surface area contributed by atoms with E-state index in [4.69, 9.17) is 16.3 Å². The van der Waals surface area contributed by atoms with Gasteiger partial charge in [-0.1, -0.05) is 11.6 Å². The molecule has 14 heteroatoms. The summed E-state index contributed by atoms with van der Waals surface area (Å²) in [5.74, 6) is -1.17. The number of piperazine rings is 1. The smallest absolute Gasteiger partial charge is 0.262 e. The van der Waals surface area contributed by atoms with Gasteiger partial charge in [0.25, 0.3) is 17.7 Å². The second-order valence-corrected chi connectivity index (χ2v) is 18.3. The van der Waals surface area contributed by atoms with Gasteiger partial charge in [0.2, 0.25) is 11.8 Å². The summed E-state index contributed by atoms with van der Waals surface area (Å²) in [6.07, 6.45) is 8.33. The van der Waals surface area contributed by atoms with E-state index in [9.17, 15) is 29.2 Å². The molecule has 5 saturated heterocycles. The minimum absolute atomic E-state index is 0.00396. The molecule has 1 spiro atoms. The van der Waals surface area contributed by atoms with E-state index >= 15 is 0 Å². The zero-order chi connectivity index (χ0) is 41.3. The Balaban J connectivity index is 0.681. The summed E-state index contributed by atoms with van der Waals surface area (Å²) in [4.78, 5) is 75.0. The first-order chi connectivity index (χ1) is 29.1. The monoisotopic (exact) mass is 829 g/mol. The van der Waals surface area contributed by atoms with Gasteiger partial charge in [0, 0.05) is 99.7 Å². The fraction of sp³-hybridized carbons (Fsp3) is 0.478. The number of rotatable bonds is 7. The van der Waals surface area contributed by atoms with Crippen LogP contribution in [0, 0.1) is 16.7 Å². The van der Waals surface area contributed by atoms with E-state index in [0.29, 0.717) is 38.9 Å². The molecule has 1 saturated carbocycles. The topological polar surface area (TPSA) is 147 Å². The minimum atomic E-state index is -0.964. The molecule has 5 amide bonds. The minimum Gasteiger partial charge on any atom is -0.490 e. The Hall–Kier alpha value is -5.45. The molecule has 2 unspecified atom stereocenters. The van der Waals surface area contributed by atoms with Crippen LogP contribution in [0.4, 0.5) is 11.4 Å². The number of halogens is 1. The molecule has 0 aromatic heterocycles. The number of benzene rings is 3. The van der Waals surface area contributed by atoms with Gasteiger partial charge < -0.3 is 19.4 Å². The van der Waals surface area contributed by atoms with Crippen LogP contribution in [0.2, 0.25) is 5.02 Å². The quantitative estimate of drug-likeness (QED) is 0.308. The summed E-state index contributed by atoms with van der Waals surface area (Å²) in [7, 11) is 0. The van der Waals surface area contributed by atoms with E-state index in [-0.39, 0.29) is 42.8 Å². The summed E-state index contributed by atoms with van der Waals surface area (Å²) in [5, 5.41) is 11.8. The fourth-order valence-corrected chi connectivity index (χ4v) is 11.4. The third-order valence-electron chi connectivity index (χ3n) is 14.5. The molecule has 4 atom stereocenters. The van der Waals surface area contributed by atoms with Gasteiger partial charge in [0.15, 0.2) is 0 Å². The third kappa shape index (κ3) is 6.87. The molecular weight excluding hydrogens is 782 g/mol. The van der Waals surface area contributed by atoms with Crippen molar-refractivity contribution in [2.45, 2.75) is 94.5 Å². The first kappa shape index (κ1) is 38.7. The molecule has 3 aromatic rings. The van der Waals surface area contributed by atoms with Crippen molar-refractivity contribution in [1.29, 1.82) is 5.26 Å². The summed E-state index contributed by atoms with van der Waals surface area (Å²) in [5.41, 5.74) is 4.21. The maximum atomic E-state index is 13.8. The largest absolute Gasteiger partial charge is 0.490 e. The van der Waals surface area contributed by atoms with Gasteiger partial charge in [-0.05, 0) is 105 Å². The van der Waals surface area contributed by atoms with Crippen LogP contribution in [0.25, 0.3) is 0 Å². The average Bonchev–Trinajstić information content (AvgIpc) is 3.66. The molecule has 2 bridgehead atoms. The Morgan fingerprint density at radius 2 is 1.43 bits per heavy atom. The van der Waals surface area contributed by atoms with Crippen molar-refractivity contribution >= 4 is 52.5 Å². The summed E-state index contributed by atoms with van der Waals surface area (Å²) in [6, 6.07) is 20.8. The van der Waals surface area contributed by atoms with Crippen LogP contribution in [0.3, 0.4) is 0 Å². The second-order valence-electron chi connectivity index (χ2n) is 17.9. The number of amides is 5. The van der Waals surface area contributed by atoms with Crippen molar-refractivity contribution in [3.8, 4) is 11.8 Å². The highest BCUT2D eigenvalue weighted by Crippen LogP contribution is 2.52. The average molecular weight is 830 g/mol. The maximum absolute atomic E-state index is 13.8. The van der Waals surface area contributed by atoms with Crippen LogP contribution in [-0.2, 0) is 9.59 Å². The molecule has 6 heterocycles. The number of imide groups is 2. The van der Waals surface area contributed by atoms with Gasteiger partial charge in [-0.2, -0.15) is 5.26 Å². The lowest BCUT2D eigenvalue weighted by Crippen LogP contribution is -2.59. The lowest BCUT2D eigenvalue weighted by molar-refractivity contribution is -0.136. The number of anilines is 2. The Kier molecular flexibility index (Phi) is 9.83. The molecule has 6 aliphatic heterocycles. The lowest BCUT2D eigenvalue weighted by atomic mass is 9.60. The van der Waals surface area contributed by atoms with Gasteiger partial charge in [0.1, 0.15) is 24.0 Å². The highest BCUT2D eigenvalue weighted by molar-refractivity contribution is 6.31. The number of hydrogen-bond acceptors (Lipinski definition) is 10. The van der Waals surface area contributed by atoms with E-state index < -0.39 is 23.8 Å². The van der Waals surface area contributed by atoms with Crippen LogP contribution in [0.1, 0.15) is 101 Å². The number of nitrogens with zero attached hydrogens (tertiary/aromatic N) is 6. The van der Waals surface area contributed by atoms with Gasteiger partial charge >= 0.3 is 0 Å². The molecular formula is C46H48ClN7O6. The summed E-state index contributed by atoms with van der Waals surface area (Å²) in [6.45, 7) is 5.71. The Bertz CT molecular complexity index is 2290. The normalized spacial score (nSPS) is 26.5. The van der Waals surface area contributed by atoms with Gasteiger partial charge in [0.05, 0.1) is 21.7 Å². The van der Waals surface area contributed by atoms with Crippen molar-refractivity contribution < 1.29 is 28.7 Å². The Morgan fingerprint density at radius 1 is 0.767 bits per heavy atom. The van der Waals surface area contributed by atoms with E-state index in [2.05, 4.69) is 43.1 Å². The molecule has 0 radical (unpaired) electrons. The van der Waals surface area contributed by atoms with Crippen molar-refractivity contribution in [2.24, 2.45) is 5.41 Å². The van der Waals surface area contributed by atoms with E-state index in [1.165, 1.54) is 12.8 Å². The maximum Gasteiger partial charge on any atom is 0.262 e. The van der Waals surface area contributed by atoms with Crippen molar-refractivity contribution in [3.05, 3.63) is 87.9 Å². The molecule has 1 N–H and O–H groups in total. The molecule has 7 aliphatic rings. The number of hydrogen-bond donors (Lipinski definition) is 1. The predicted octanol–water partition coefficient (Wildman–Crippen LogP) is 5.40. The van der Waals surface area contributed by atoms with Crippen LogP contribution >= 0.6 is 11.6 Å². The molecule has 1 aliphatic carbocycles. The van der Waals surface area contributed by atoms with Crippen molar-refractivity contribution in [1.82, 2.24) is 20.0 Å². The van der Waals surface area contributed by atoms with E-state index in [1.807, 2.05) is 18.2 Å². The van der Waals surface area contributed by atoms with Crippen molar-refractivity contribution in [2.75, 3.05) is 49.1 Å². The first-order valence-electron chi connectivity index (χ1n) is 21.4. The zero-order valence-corrected chi connectivity index (χ0v) is 34.2. The Morgan fingerprint density at radius 3 is 2.10 bits per heavy atom. The third-order valence-corrected chi connectivity index (χ3v) is 14.9. The number of fused-ring (bicyclic) bond motifs is 3. The van der Waals surface area contributed by atoms with Gasteiger partial charge in [-0.25, -0.2) is 0 Å². The fourth-order valence-electron chi connectivity index (χ4n) is 11.2. The lowest BCUT2D eigenvalue weighted by Gasteiger charge is -2.56. The number of piperidine rings is 3. The first-order valence-corrected chi connectivity index (χ1v) is 21.8. The van der Waals surface area contributed by atoms with Crippen LogP contribution in [-0.4, -0.2) is 114 Å². The SMILES string of the molecule is N#Cc1ccc(OC2C[C@H]3CC[C@@H](C2)N3C(=O)c2ccc(N3CCN(C4CC5(CCN(c6ccc7c(c6)C(=O)N(C6CCC(=O)NC6=O)C7=O)CC5)C4)CC3)cc2)cc1Cl. The summed E-state index contributed by atoms with van der Waals surface area (Å²) >= 11 is 6.23. The van der Waals surface area contributed by atoms with Gasteiger partial charge in [-0.15, -0.1) is 0 Å². The second kappa shape index (κ2) is 15.2. The molecule has 13 nitrogen and oxygen atoms in total. The van der Waals surface area contributed by atoms with Crippen molar-refractivity contribution in [3.63, 3.8) is 0 Å². The Labute approximate surface area is 354 Å². The molecule has 10 rings (SSSR count). The number of ether oxygens (including phenoxy) is 1.